The van der Waals surface area contributed by atoms with Crippen LogP contribution in [0.3, 0.4) is 0 Å². The molecule has 3 rings (SSSR count). The maximum atomic E-state index is 12.7. The van der Waals surface area contributed by atoms with Crippen LogP contribution >= 0.6 is 0 Å². The Morgan fingerprint density at radius 3 is 2.79 bits per heavy atom. The molecule has 3 nitrogen and oxygen atoms in total. The third-order valence-corrected chi connectivity index (χ3v) is 3.99. The Morgan fingerprint density at radius 1 is 1.32 bits per heavy atom. The van der Waals surface area contributed by atoms with Crippen LogP contribution in [0, 0.1) is 0 Å². The lowest BCUT2D eigenvalue weighted by atomic mass is 9.97. The number of nitrogens with zero attached hydrogens (tertiary/aromatic N) is 1. The number of nitrogens with one attached hydrogen (secondary N) is 1. The fraction of sp³-hybridized carbons (Fsp3) is 0.438. The maximum Gasteiger partial charge on any atom is 0.254 e. The summed E-state index contributed by atoms with van der Waals surface area (Å²) in [6.07, 6.45) is 1.06. The van der Waals surface area contributed by atoms with E-state index in [-0.39, 0.29) is 11.6 Å². The van der Waals surface area contributed by atoms with Crippen molar-refractivity contribution >= 4 is 10.9 Å². The number of hydrogen-bond donors (Lipinski definition) is 1. The second-order valence-corrected chi connectivity index (χ2v) is 5.62. The van der Waals surface area contributed by atoms with Crippen LogP contribution in [0.2, 0.25) is 0 Å². The molecule has 2 heterocycles. The van der Waals surface area contributed by atoms with Crippen LogP contribution in [0.4, 0.5) is 0 Å². The van der Waals surface area contributed by atoms with Crippen LogP contribution in [0.5, 0.6) is 0 Å². The van der Waals surface area contributed by atoms with Gasteiger partial charge in [0.05, 0.1) is 5.52 Å². The molecule has 100 valence electrons. The smallest absolute Gasteiger partial charge is 0.254 e. The second kappa shape index (κ2) is 4.82. The molecule has 0 radical (unpaired) electrons. The fourth-order valence-electron chi connectivity index (χ4n) is 3.03. The summed E-state index contributed by atoms with van der Waals surface area (Å²) in [5.41, 5.74) is 2.19. The molecule has 1 unspecified atom stereocenters. The minimum Gasteiger partial charge on any atom is -0.316 e. The molecule has 1 N–H and O–H groups in total. The lowest BCUT2D eigenvalue weighted by molar-refractivity contribution is 0.588. The maximum absolute atomic E-state index is 12.7. The lowest BCUT2D eigenvalue weighted by Crippen LogP contribution is -2.27. The van der Waals surface area contributed by atoms with Gasteiger partial charge in [0.25, 0.3) is 5.56 Å². The first-order valence-corrected chi connectivity index (χ1v) is 7.03. The highest BCUT2D eigenvalue weighted by Gasteiger charge is 2.22. The summed E-state index contributed by atoms with van der Waals surface area (Å²) >= 11 is 0. The van der Waals surface area contributed by atoms with E-state index < -0.39 is 0 Å². The minimum atomic E-state index is 0.183. The highest BCUT2D eigenvalue weighted by molar-refractivity contribution is 5.79. The van der Waals surface area contributed by atoms with Gasteiger partial charge in [-0.05, 0) is 44.3 Å². The summed E-state index contributed by atoms with van der Waals surface area (Å²) in [6.45, 7) is 6.08. The van der Waals surface area contributed by atoms with Gasteiger partial charge >= 0.3 is 0 Å². The molecular formula is C16H20N2O. The SMILES string of the molecule is CC(C)n1c(=O)c(C2CCNC2)cc2ccccc21. The molecular weight excluding hydrogens is 236 g/mol. The van der Waals surface area contributed by atoms with E-state index in [0.29, 0.717) is 5.92 Å². The van der Waals surface area contributed by atoms with Crippen LogP contribution in [-0.2, 0) is 0 Å². The molecule has 0 bridgehead atoms. The van der Waals surface area contributed by atoms with Crippen LogP contribution in [-0.4, -0.2) is 17.7 Å². The predicted molar refractivity (Wildman–Crippen MR) is 78.8 cm³/mol. The Morgan fingerprint density at radius 2 is 2.11 bits per heavy atom. The number of para-hydroxylation sites is 1. The molecule has 0 saturated carbocycles. The quantitative estimate of drug-likeness (QED) is 0.896. The van der Waals surface area contributed by atoms with E-state index in [9.17, 15) is 4.79 Å². The summed E-state index contributed by atoms with van der Waals surface area (Å²) in [4.78, 5) is 12.7. The van der Waals surface area contributed by atoms with Crippen molar-refractivity contribution in [2.24, 2.45) is 0 Å². The molecule has 1 atom stereocenters. The molecule has 1 aromatic carbocycles. The summed E-state index contributed by atoms with van der Waals surface area (Å²) in [5, 5.41) is 4.51. The van der Waals surface area contributed by atoms with Gasteiger partial charge in [0, 0.05) is 24.1 Å². The number of pyridine rings is 1. The van der Waals surface area contributed by atoms with Crippen molar-refractivity contribution in [2.75, 3.05) is 13.1 Å². The van der Waals surface area contributed by atoms with Gasteiger partial charge in [-0.2, -0.15) is 0 Å². The van der Waals surface area contributed by atoms with Gasteiger partial charge in [0.2, 0.25) is 0 Å². The van der Waals surface area contributed by atoms with E-state index in [4.69, 9.17) is 0 Å². The normalized spacial score (nSPS) is 19.4. The third kappa shape index (κ3) is 2.08. The molecule has 1 aromatic heterocycles. The molecule has 2 aromatic rings. The lowest BCUT2D eigenvalue weighted by Gasteiger charge is -2.18. The molecule has 19 heavy (non-hydrogen) atoms. The van der Waals surface area contributed by atoms with Crippen molar-refractivity contribution in [3.63, 3.8) is 0 Å². The largest absolute Gasteiger partial charge is 0.316 e. The zero-order valence-corrected chi connectivity index (χ0v) is 11.5. The highest BCUT2D eigenvalue weighted by atomic mass is 16.1. The van der Waals surface area contributed by atoms with Gasteiger partial charge in [-0.15, -0.1) is 0 Å². The number of rotatable bonds is 2. The zero-order chi connectivity index (χ0) is 13.4. The van der Waals surface area contributed by atoms with E-state index >= 15 is 0 Å². The Labute approximate surface area is 113 Å². The monoisotopic (exact) mass is 256 g/mol. The Bertz CT molecular complexity index is 651. The third-order valence-electron chi connectivity index (χ3n) is 3.99. The first kappa shape index (κ1) is 12.4. The topological polar surface area (TPSA) is 34.0 Å². The van der Waals surface area contributed by atoms with Crippen LogP contribution in [0.25, 0.3) is 10.9 Å². The van der Waals surface area contributed by atoms with E-state index in [1.165, 1.54) is 0 Å². The molecule has 1 fully saturated rings. The van der Waals surface area contributed by atoms with E-state index in [1.807, 2.05) is 22.8 Å². The predicted octanol–water partition coefficient (Wildman–Crippen LogP) is 2.66. The van der Waals surface area contributed by atoms with Crippen LogP contribution in [0.15, 0.2) is 35.1 Å². The molecule has 1 saturated heterocycles. The van der Waals surface area contributed by atoms with Crippen molar-refractivity contribution in [1.29, 1.82) is 0 Å². The van der Waals surface area contributed by atoms with Gasteiger partial charge in [0.15, 0.2) is 0 Å². The number of hydrogen-bond acceptors (Lipinski definition) is 2. The van der Waals surface area contributed by atoms with Crippen LogP contribution in [0.1, 0.15) is 37.8 Å². The van der Waals surface area contributed by atoms with Crippen LogP contribution < -0.4 is 10.9 Å². The Balaban J connectivity index is 2.29. The van der Waals surface area contributed by atoms with E-state index in [0.717, 1.165) is 36.0 Å². The second-order valence-electron chi connectivity index (χ2n) is 5.62. The van der Waals surface area contributed by atoms with Crippen molar-refractivity contribution < 1.29 is 0 Å². The average molecular weight is 256 g/mol. The summed E-state index contributed by atoms with van der Waals surface area (Å²) in [5.74, 6) is 0.363. The van der Waals surface area contributed by atoms with Crippen molar-refractivity contribution in [2.45, 2.75) is 32.2 Å². The number of benzene rings is 1. The number of aromatic nitrogens is 1. The van der Waals surface area contributed by atoms with Gasteiger partial charge in [-0.1, -0.05) is 18.2 Å². The minimum absolute atomic E-state index is 0.183. The molecule has 3 heteroatoms. The van der Waals surface area contributed by atoms with Crippen molar-refractivity contribution in [3.05, 3.63) is 46.2 Å². The van der Waals surface area contributed by atoms with E-state index in [1.54, 1.807) is 0 Å². The first-order chi connectivity index (χ1) is 9.18. The highest BCUT2D eigenvalue weighted by Crippen LogP contribution is 2.24. The standard InChI is InChI=1S/C16H20N2O/c1-11(2)18-15-6-4-3-5-12(15)9-14(16(18)19)13-7-8-17-10-13/h3-6,9,11,13,17H,7-8,10H2,1-2H3. The Kier molecular flexibility index (Phi) is 3.15. The number of fused-ring (bicyclic) bond motifs is 1. The average Bonchev–Trinajstić information content (AvgIpc) is 2.91. The van der Waals surface area contributed by atoms with E-state index in [2.05, 4.69) is 31.3 Å². The Hall–Kier alpha value is -1.61. The molecule has 1 aliphatic rings. The first-order valence-electron chi connectivity index (χ1n) is 7.03. The van der Waals surface area contributed by atoms with Crippen molar-refractivity contribution in [3.8, 4) is 0 Å². The fourth-order valence-corrected chi connectivity index (χ4v) is 3.03. The van der Waals surface area contributed by atoms with Gasteiger partial charge < -0.3 is 9.88 Å². The molecule has 0 amide bonds. The molecule has 0 aliphatic carbocycles. The molecule has 1 aliphatic heterocycles. The molecule has 0 spiro atoms. The summed E-state index contributed by atoms with van der Waals surface area (Å²) in [7, 11) is 0. The summed E-state index contributed by atoms with van der Waals surface area (Å²) < 4.78 is 1.93. The summed E-state index contributed by atoms with van der Waals surface area (Å²) in [6, 6.07) is 10.4. The zero-order valence-electron chi connectivity index (χ0n) is 11.5. The van der Waals surface area contributed by atoms with Gasteiger partial charge in [-0.25, -0.2) is 0 Å². The van der Waals surface area contributed by atoms with Gasteiger partial charge in [-0.3, -0.25) is 4.79 Å². The van der Waals surface area contributed by atoms with Gasteiger partial charge in [0.1, 0.15) is 0 Å². The van der Waals surface area contributed by atoms with Crippen molar-refractivity contribution in [1.82, 2.24) is 9.88 Å².